The molecule has 0 radical (unpaired) electrons. The average Bonchev–Trinajstić information content (AvgIpc) is 2.89. The van der Waals surface area contributed by atoms with E-state index in [1.165, 1.54) is 0 Å². The Kier molecular flexibility index (Phi) is 6.59. The highest BCUT2D eigenvalue weighted by Crippen LogP contribution is 2.36. The van der Waals surface area contributed by atoms with Crippen molar-refractivity contribution in [2.75, 3.05) is 56.6 Å². The molecule has 3 aromatic rings. The molecule has 0 aliphatic carbocycles. The molecule has 0 unspecified atom stereocenters. The average molecular weight is 477 g/mol. The highest BCUT2D eigenvalue weighted by molar-refractivity contribution is 5.98. The molecule has 4 heterocycles. The van der Waals surface area contributed by atoms with Crippen LogP contribution in [-0.4, -0.2) is 67.2 Å². The van der Waals surface area contributed by atoms with E-state index in [9.17, 15) is 9.59 Å². The number of carbonyl (C=O) groups is 1. The Balaban J connectivity index is 1.32. The number of carbonyl (C=O) groups excluding carboxylic acids is 1. The Bertz CT molecular complexity index is 1280. The zero-order valence-electron chi connectivity index (χ0n) is 20.3. The molecule has 9 nitrogen and oxygen atoms in total. The Labute approximate surface area is 204 Å². The number of ether oxygens (including phenoxy) is 1. The van der Waals surface area contributed by atoms with Crippen LogP contribution in [0.4, 0.5) is 11.4 Å². The lowest BCUT2D eigenvalue weighted by Crippen LogP contribution is -2.46. The van der Waals surface area contributed by atoms with Crippen molar-refractivity contribution in [2.24, 2.45) is 0 Å². The van der Waals surface area contributed by atoms with E-state index < -0.39 is 0 Å². The van der Waals surface area contributed by atoms with Crippen LogP contribution in [0.3, 0.4) is 0 Å². The van der Waals surface area contributed by atoms with Gasteiger partial charge in [0.2, 0.25) is 0 Å². The van der Waals surface area contributed by atoms with Gasteiger partial charge in [0.15, 0.2) is 0 Å². The van der Waals surface area contributed by atoms with E-state index in [-0.39, 0.29) is 11.5 Å². The monoisotopic (exact) mass is 476 g/mol. The topological polar surface area (TPSA) is 103 Å². The maximum Gasteiger partial charge on any atom is 0.269 e. The molecule has 1 fully saturated rings. The van der Waals surface area contributed by atoms with Crippen LogP contribution in [-0.2, 0) is 13.0 Å². The van der Waals surface area contributed by atoms with E-state index in [4.69, 9.17) is 4.74 Å². The summed E-state index contributed by atoms with van der Waals surface area (Å²) in [5.74, 6) is 0.642. The molecular weight excluding hydrogens is 444 g/mol. The number of H-pyrrole nitrogens is 1. The fraction of sp³-hybridized carbons (Fsp3) is 0.423. The third-order valence-corrected chi connectivity index (χ3v) is 6.79. The Morgan fingerprint density at radius 2 is 2.03 bits per heavy atom. The van der Waals surface area contributed by atoms with Crippen LogP contribution in [0.1, 0.15) is 35.0 Å². The van der Waals surface area contributed by atoms with Gasteiger partial charge in [0.05, 0.1) is 35.1 Å². The molecule has 1 saturated heterocycles. The maximum atomic E-state index is 12.7. The molecular formula is C26H32N6O3. The van der Waals surface area contributed by atoms with Gasteiger partial charge < -0.3 is 25.3 Å². The summed E-state index contributed by atoms with van der Waals surface area (Å²) >= 11 is 0. The molecule has 35 heavy (non-hydrogen) atoms. The molecule has 5 rings (SSSR count). The normalized spacial score (nSPS) is 16.0. The molecule has 2 aliphatic rings. The Hall–Kier alpha value is -3.59. The van der Waals surface area contributed by atoms with Crippen molar-refractivity contribution < 1.29 is 9.53 Å². The number of hydrogen-bond acceptors (Lipinski definition) is 7. The summed E-state index contributed by atoms with van der Waals surface area (Å²) in [7, 11) is 1.60. The number of aromatic nitrogens is 2. The molecule has 1 aromatic carbocycles. The van der Waals surface area contributed by atoms with Gasteiger partial charge in [0.25, 0.3) is 11.5 Å². The van der Waals surface area contributed by atoms with E-state index >= 15 is 0 Å². The van der Waals surface area contributed by atoms with Crippen molar-refractivity contribution in [1.82, 2.24) is 20.2 Å². The van der Waals surface area contributed by atoms with Crippen LogP contribution in [0, 0.1) is 0 Å². The van der Waals surface area contributed by atoms with E-state index in [0.29, 0.717) is 12.3 Å². The number of rotatable bonds is 6. The van der Waals surface area contributed by atoms with Gasteiger partial charge in [0, 0.05) is 51.9 Å². The lowest BCUT2D eigenvalue weighted by Gasteiger charge is -2.36. The largest absolute Gasteiger partial charge is 0.493 e. The van der Waals surface area contributed by atoms with Crippen LogP contribution >= 0.6 is 0 Å². The molecule has 0 atom stereocenters. The number of piperazine rings is 1. The maximum absolute atomic E-state index is 12.7. The lowest BCUT2D eigenvalue weighted by atomic mass is 9.99. The summed E-state index contributed by atoms with van der Waals surface area (Å²) in [5, 5.41) is 7.01. The zero-order chi connectivity index (χ0) is 24.4. The molecule has 0 saturated carbocycles. The molecule has 2 aromatic heterocycles. The highest BCUT2D eigenvalue weighted by atomic mass is 16.5. The first-order chi connectivity index (χ1) is 17.1. The first-order valence-corrected chi connectivity index (χ1v) is 12.3. The third-order valence-electron chi connectivity index (χ3n) is 6.79. The van der Waals surface area contributed by atoms with Gasteiger partial charge in [-0.15, -0.1) is 0 Å². The number of amides is 1. The van der Waals surface area contributed by atoms with Crippen molar-refractivity contribution in [1.29, 1.82) is 0 Å². The van der Waals surface area contributed by atoms with Crippen LogP contribution in [0.2, 0.25) is 0 Å². The van der Waals surface area contributed by atoms with Gasteiger partial charge in [-0.1, -0.05) is 0 Å². The van der Waals surface area contributed by atoms with Gasteiger partial charge in [-0.3, -0.25) is 14.5 Å². The summed E-state index contributed by atoms with van der Waals surface area (Å²) in [5.41, 5.74) is 5.13. The summed E-state index contributed by atoms with van der Waals surface area (Å²) in [6.07, 6.45) is 3.52. The van der Waals surface area contributed by atoms with Crippen LogP contribution in [0.25, 0.3) is 10.9 Å². The van der Waals surface area contributed by atoms with Crippen LogP contribution < -0.4 is 25.8 Å². The molecule has 0 spiro atoms. The molecule has 1 amide bonds. The lowest BCUT2D eigenvalue weighted by molar-refractivity contribution is 0.0958. The van der Waals surface area contributed by atoms with E-state index in [1.54, 1.807) is 19.3 Å². The quantitative estimate of drug-likeness (QED) is 0.502. The summed E-state index contributed by atoms with van der Waals surface area (Å²) in [6, 6.07) is 7.92. The Morgan fingerprint density at radius 3 is 2.74 bits per heavy atom. The predicted molar refractivity (Wildman–Crippen MR) is 138 cm³/mol. The van der Waals surface area contributed by atoms with Crippen molar-refractivity contribution in [3.05, 3.63) is 57.6 Å². The van der Waals surface area contributed by atoms with Gasteiger partial charge in [-0.2, -0.15) is 0 Å². The predicted octanol–water partition coefficient (Wildman–Crippen LogP) is 2.36. The second-order valence-electron chi connectivity index (χ2n) is 9.03. The number of fused-ring (bicyclic) bond motifs is 3. The highest BCUT2D eigenvalue weighted by Gasteiger charge is 2.22. The Morgan fingerprint density at radius 1 is 1.20 bits per heavy atom. The summed E-state index contributed by atoms with van der Waals surface area (Å²) in [4.78, 5) is 36.5. The zero-order valence-corrected chi connectivity index (χ0v) is 20.3. The minimum Gasteiger partial charge on any atom is -0.493 e. The van der Waals surface area contributed by atoms with Crippen LogP contribution in [0.5, 0.6) is 5.75 Å². The van der Waals surface area contributed by atoms with Crippen molar-refractivity contribution in [3.63, 3.8) is 0 Å². The summed E-state index contributed by atoms with van der Waals surface area (Å²) < 4.78 is 6.04. The molecule has 0 bridgehead atoms. The smallest absolute Gasteiger partial charge is 0.269 e. The molecule has 9 heteroatoms. The van der Waals surface area contributed by atoms with Gasteiger partial charge in [-0.05, 0) is 49.6 Å². The van der Waals surface area contributed by atoms with Gasteiger partial charge in [0.1, 0.15) is 11.4 Å². The first kappa shape index (κ1) is 23.2. The number of anilines is 2. The van der Waals surface area contributed by atoms with Gasteiger partial charge in [-0.25, -0.2) is 4.98 Å². The third kappa shape index (κ3) is 4.68. The number of hydrogen-bond donors (Lipinski definition) is 3. The number of pyridine rings is 2. The molecule has 3 N–H and O–H groups in total. The fourth-order valence-corrected chi connectivity index (χ4v) is 5.02. The second kappa shape index (κ2) is 9.95. The standard InChI is InChI=1S/C26H32N6O3/c1-3-35-22-14-17(13-21-23(22)24-19(25(33)30-21)5-4-8-28-24)16-31-9-11-32(12-10-31)18-6-7-20(29-15-18)26(34)27-2/h6-7,13-15,28H,3-5,8-12,16H2,1-2H3,(H,27,34)(H,30,33). The molecule has 2 aliphatic heterocycles. The number of aromatic amines is 1. The second-order valence-corrected chi connectivity index (χ2v) is 9.03. The number of nitrogens with one attached hydrogen (secondary N) is 3. The van der Waals surface area contributed by atoms with E-state index in [0.717, 1.165) is 91.3 Å². The van der Waals surface area contributed by atoms with Gasteiger partial charge >= 0.3 is 0 Å². The number of benzene rings is 1. The van der Waals surface area contributed by atoms with E-state index in [1.807, 2.05) is 13.0 Å². The fourth-order valence-electron chi connectivity index (χ4n) is 5.02. The van der Waals surface area contributed by atoms with Crippen molar-refractivity contribution >= 4 is 28.2 Å². The SMILES string of the molecule is CCOc1cc(CN2CCN(c3ccc(C(=O)NC)nc3)CC2)cc2[nH]c(=O)c3c(c12)NCCC3. The van der Waals surface area contributed by atoms with Crippen LogP contribution in [0.15, 0.2) is 35.3 Å². The van der Waals surface area contributed by atoms with Crippen molar-refractivity contribution in [2.45, 2.75) is 26.3 Å². The minimum absolute atomic E-state index is 0.0102. The number of nitrogens with zero attached hydrogens (tertiary/aromatic N) is 3. The minimum atomic E-state index is -0.180. The molecule has 184 valence electrons. The first-order valence-electron chi connectivity index (χ1n) is 12.3. The summed E-state index contributed by atoms with van der Waals surface area (Å²) in [6.45, 7) is 7.76. The van der Waals surface area contributed by atoms with Crippen molar-refractivity contribution in [3.8, 4) is 5.75 Å². The van der Waals surface area contributed by atoms with E-state index in [2.05, 4.69) is 42.5 Å².